The highest BCUT2D eigenvalue weighted by Gasteiger charge is 2.38. The van der Waals surface area contributed by atoms with Crippen molar-refractivity contribution in [2.24, 2.45) is 0 Å². The Labute approximate surface area is 96.0 Å². The molecular weight excluding hydrogens is 240 g/mol. The van der Waals surface area contributed by atoms with E-state index >= 15 is 0 Å². The van der Waals surface area contributed by atoms with Gasteiger partial charge in [-0.1, -0.05) is 17.1 Å². The maximum atomic E-state index is 9.87. The Kier molecular flexibility index (Phi) is 5.64. The van der Waals surface area contributed by atoms with Gasteiger partial charge in [0.1, 0.15) is 0 Å². The summed E-state index contributed by atoms with van der Waals surface area (Å²) in [4.78, 5) is 9.87. The SMILES string of the molecule is C=C[Si](C)O[Si](C)(C=C)O[Si](C)(O)C=C. The van der Waals surface area contributed by atoms with Crippen molar-refractivity contribution in [3.8, 4) is 0 Å². The lowest BCUT2D eigenvalue weighted by Crippen LogP contribution is -2.50. The second-order valence-corrected chi connectivity index (χ2v) is 11.7. The molecule has 1 radical (unpaired) electrons. The summed E-state index contributed by atoms with van der Waals surface area (Å²) < 4.78 is 11.4. The first-order valence-electron chi connectivity index (χ1n) is 4.63. The number of rotatable bonds is 7. The van der Waals surface area contributed by atoms with E-state index in [2.05, 4.69) is 19.7 Å². The van der Waals surface area contributed by atoms with Crippen molar-refractivity contribution in [3.05, 3.63) is 36.8 Å². The summed E-state index contributed by atoms with van der Waals surface area (Å²) >= 11 is 0. The van der Waals surface area contributed by atoms with Gasteiger partial charge in [-0.15, -0.1) is 19.7 Å². The summed E-state index contributed by atoms with van der Waals surface area (Å²) in [6.45, 7) is 16.4. The Bertz CT molecular complexity index is 255. The van der Waals surface area contributed by atoms with E-state index in [4.69, 9.17) is 8.23 Å². The van der Waals surface area contributed by atoms with E-state index in [0.717, 1.165) is 0 Å². The molecule has 0 amide bonds. The summed E-state index contributed by atoms with van der Waals surface area (Å²) in [5.74, 6) is 0. The van der Waals surface area contributed by atoms with Crippen LogP contribution in [0.5, 0.6) is 0 Å². The molecule has 0 heterocycles. The summed E-state index contributed by atoms with van der Waals surface area (Å²) in [5.41, 5.74) is 4.93. The molecule has 0 aromatic rings. The molecule has 1 N–H and O–H groups in total. The lowest BCUT2D eigenvalue weighted by atomic mass is 11.3. The van der Waals surface area contributed by atoms with Gasteiger partial charge in [0.25, 0.3) is 0 Å². The van der Waals surface area contributed by atoms with Crippen molar-refractivity contribution < 1.29 is 13.0 Å². The number of hydrogen-bond acceptors (Lipinski definition) is 3. The van der Waals surface area contributed by atoms with Crippen molar-refractivity contribution in [2.45, 2.75) is 19.6 Å². The van der Waals surface area contributed by atoms with E-state index < -0.39 is 26.2 Å². The van der Waals surface area contributed by atoms with Crippen LogP contribution in [0.4, 0.5) is 0 Å². The molecule has 0 aromatic heterocycles. The average molecular weight is 260 g/mol. The van der Waals surface area contributed by atoms with Crippen LogP contribution in [-0.4, -0.2) is 31.0 Å². The van der Waals surface area contributed by atoms with Crippen LogP contribution in [0, 0.1) is 0 Å². The van der Waals surface area contributed by atoms with Gasteiger partial charge in [-0.2, -0.15) is 0 Å². The minimum atomic E-state index is -2.80. The summed E-state index contributed by atoms with van der Waals surface area (Å²) in [6.07, 6.45) is 0. The zero-order valence-electron chi connectivity index (χ0n) is 9.62. The fourth-order valence-corrected chi connectivity index (χ4v) is 8.63. The van der Waals surface area contributed by atoms with Crippen LogP contribution in [0.1, 0.15) is 0 Å². The zero-order chi connectivity index (χ0) is 12.1. The Morgan fingerprint density at radius 2 is 1.73 bits per heavy atom. The molecule has 0 spiro atoms. The third-order valence-electron chi connectivity index (χ3n) is 1.81. The standard InChI is InChI=1S/C9H19O3Si3/c1-7-13(4)11-15(6,9-3)12-14(5,10)8-2/h7-10H,1-3H2,4-6H3. The fraction of sp³-hybridized carbons (Fsp3) is 0.333. The van der Waals surface area contributed by atoms with Gasteiger partial charge >= 0.3 is 17.1 Å². The maximum absolute atomic E-state index is 9.87. The quantitative estimate of drug-likeness (QED) is 0.710. The molecular formula is C9H19O3Si3. The Morgan fingerprint density at radius 1 is 1.20 bits per heavy atom. The molecule has 0 rings (SSSR count). The van der Waals surface area contributed by atoms with E-state index in [1.54, 1.807) is 17.9 Å². The summed E-state index contributed by atoms with van der Waals surface area (Å²) in [5, 5.41) is 0. The fourth-order valence-electron chi connectivity index (χ4n) is 0.917. The van der Waals surface area contributed by atoms with Gasteiger partial charge in [0.15, 0.2) is 0 Å². The minimum Gasteiger partial charge on any atom is -0.430 e. The normalized spacial score (nSPS) is 19.0. The van der Waals surface area contributed by atoms with Gasteiger partial charge in [0.2, 0.25) is 9.04 Å². The predicted molar refractivity (Wildman–Crippen MR) is 69.8 cm³/mol. The maximum Gasteiger partial charge on any atom is 0.349 e. The largest absolute Gasteiger partial charge is 0.430 e. The third kappa shape index (κ3) is 5.40. The van der Waals surface area contributed by atoms with Crippen molar-refractivity contribution in [1.29, 1.82) is 0 Å². The molecule has 85 valence electrons. The van der Waals surface area contributed by atoms with Crippen molar-refractivity contribution >= 4 is 26.2 Å². The molecule has 2 atom stereocenters. The first-order chi connectivity index (χ1) is 6.78. The van der Waals surface area contributed by atoms with Crippen LogP contribution in [0.3, 0.4) is 0 Å². The smallest absolute Gasteiger partial charge is 0.349 e. The van der Waals surface area contributed by atoms with Gasteiger partial charge in [-0.3, -0.25) is 0 Å². The van der Waals surface area contributed by atoms with Crippen molar-refractivity contribution in [3.63, 3.8) is 0 Å². The van der Waals surface area contributed by atoms with Crippen LogP contribution >= 0.6 is 0 Å². The third-order valence-corrected chi connectivity index (χ3v) is 10.1. The van der Waals surface area contributed by atoms with Gasteiger partial charge in [-0.25, -0.2) is 0 Å². The molecule has 0 aliphatic rings. The van der Waals surface area contributed by atoms with Gasteiger partial charge < -0.3 is 13.0 Å². The van der Waals surface area contributed by atoms with Crippen molar-refractivity contribution in [1.82, 2.24) is 0 Å². The summed E-state index contributed by atoms with van der Waals surface area (Å²) in [7, 11) is -6.36. The minimum absolute atomic E-state index is 1.07. The molecule has 0 aromatic carbocycles. The van der Waals surface area contributed by atoms with Gasteiger partial charge in [-0.05, 0) is 19.6 Å². The molecule has 0 saturated heterocycles. The lowest BCUT2D eigenvalue weighted by molar-refractivity contribution is 0.342. The van der Waals surface area contributed by atoms with Crippen molar-refractivity contribution in [2.75, 3.05) is 0 Å². The van der Waals surface area contributed by atoms with Gasteiger partial charge in [0.05, 0.1) is 0 Å². The van der Waals surface area contributed by atoms with E-state index in [0.29, 0.717) is 0 Å². The van der Waals surface area contributed by atoms with Crippen LogP contribution in [0.25, 0.3) is 0 Å². The zero-order valence-corrected chi connectivity index (χ0v) is 12.6. The second kappa shape index (κ2) is 5.73. The van der Waals surface area contributed by atoms with Crippen LogP contribution in [0.2, 0.25) is 19.6 Å². The lowest BCUT2D eigenvalue weighted by Gasteiger charge is -2.31. The van der Waals surface area contributed by atoms with E-state index in [-0.39, 0.29) is 0 Å². The highest BCUT2D eigenvalue weighted by atomic mass is 28.5. The first-order valence-corrected chi connectivity index (χ1v) is 11.4. The second-order valence-electron chi connectivity index (χ2n) is 3.50. The van der Waals surface area contributed by atoms with Crippen LogP contribution in [-0.2, 0) is 8.23 Å². The molecule has 3 nitrogen and oxygen atoms in total. The molecule has 0 bridgehead atoms. The molecule has 6 heteroatoms. The van der Waals surface area contributed by atoms with E-state index in [9.17, 15) is 4.80 Å². The predicted octanol–water partition coefficient (Wildman–Crippen LogP) is 1.95. The molecule has 0 aliphatic heterocycles. The Balaban J connectivity index is 4.63. The first kappa shape index (κ1) is 14.8. The topological polar surface area (TPSA) is 38.7 Å². The Hall–Kier alpha value is -0.249. The van der Waals surface area contributed by atoms with Gasteiger partial charge in [0, 0.05) is 0 Å². The monoisotopic (exact) mass is 259 g/mol. The molecule has 2 unspecified atom stereocenters. The molecule has 0 saturated carbocycles. The highest BCUT2D eigenvalue weighted by molar-refractivity contribution is 6.87. The van der Waals surface area contributed by atoms with E-state index in [1.165, 1.54) is 5.70 Å². The molecule has 0 fully saturated rings. The van der Waals surface area contributed by atoms with Crippen LogP contribution < -0.4 is 0 Å². The average Bonchev–Trinajstić information content (AvgIpc) is 2.17. The summed E-state index contributed by atoms with van der Waals surface area (Å²) in [6, 6.07) is 0. The highest BCUT2D eigenvalue weighted by Crippen LogP contribution is 2.16. The molecule has 0 aliphatic carbocycles. The van der Waals surface area contributed by atoms with Crippen LogP contribution in [0.15, 0.2) is 36.8 Å². The molecule has 15 heavy (non-hydrogen) atoms. The van der Waals surface area contributed by atoms with E-state index in [1.807, 2.05) is 13.1 Å². The number of hydrogen-bond donors (Lipinski definition) is 1. The Morgan fingerprint density at radius 3 is 2.07 bits per heavy atom.